The van der Waals surface area contributed by atoms with E-state index in [0.717, 1.165) is 19.4 Å². The topological polar surface area (TPSA) is 86.0 Å². The lowest BCUT2D eigenvalue weighted by molar-refractivity contribution is 0.388. The predicted octanol–water partition coefficient (Wildman–Crippen LogP) is 3.86. The molecule has 1 unspecified atom stereocenters. The van der Waals surface area contributed by atoms with Crippen LogP contribution in [-0.2, 0) is 6.54 Å². The lowest BCUT2D eigenvalue weighted by Gasteiger charge is -2.23. The number of fused-ring (bicyclic) bond motifs is 1. The molecule has 1 fully saturated rings. The van der Waals surface area contributed by atoms with E-state index < -0.39 is 17.3 Å². The van der Waals surface area contributed by atoms with Crippen LogP contribution in [0.5, 0.6) is 5.75 Å². The summed E-state index contributed by atoms with van der Waals surface area (Å²) in [5.74, 6) is -0.503. The monoisotopic (exact) mass is 494 g/mol. The third-order valence-corrected chi connectivity index (χ3v) is 6.55. The maximum Gasteiger partial charge on any atom is 0.335 e. The second-order valence-electron chi connectivity index (χ2n) is 8.87. The number of halogens is 2. The summed E-state index contributed by atoms with van der Waals surface area (Å²) in [6.45, 7) is 1.41. The van der Waals surface area contributed by atoms with Gasteiger partial charge in [-0.05, 0) is 50.1 Å². The summed E-state index contributed by atoms with van der Waals surface area (Å²) in [4.78, 5) is 22.6. The first kappa shape index (κ1) is 23.9. The number of nitrogens with zero attached hydrogens (tertiary/aromatic N) is 4. The van der Waals surface area contributed by atoms with Gasteiger partial charge in [0.05, 0.1) is 25.5 Å². The van der Waals surface area contributed by atoms with Gasteiger partial charge in [0.1, 0.15) is 22.9 Å². The molecule has 0 aliphatic carbocycles. The van der Waals surface area contributed by atoms with Crippen LogP contribution in [-0.4, -0.2) is 45.3 Å². The Morgan fingerprint density at radius 3 is 2.72 bits per heavy atom. The molecule has 36 heavy (non-hydrogen) atoms. The molecule has 2 aromatic carbocycles. The Morgan fingerprint density at radius 1 is 1.17 bits per heavy atom. The minimum Gasteiger partial charge on any atom is -0.497 e. The van der Waals surface area contributed by atoms with Gasteiger partial charge in [-0.15, -0.1) is 0 Å². The van der Waals surface area contributed by atoms with Crippen molar-refractivity contribution < 1.29 is 13.5 Å². The second-order valence-corrected chi connectivity index (χ2v) is 8.87. The quantitative estimate of drug-likeness (QED) is 0.387. The highest BCUT2D eigenvalue weighted by Gasteiger charge is 2.20. The first-order valence-corrected chi connectivity index (χ1v) is 12.1. The maximum atomic E-state index is 14.4. The zero-order valence-electron chi connectivity index (χ0n) is 20.0. The van der Waals surface area contributed by atoms with E-state index in [1.165, 1.54) is 53.5 Å². The minimum absolute atomic E-state index is 0.202. The highest BCUT2D eigenvalue weighted by atomic mass is 19.1. The number of anilines is 1. The molecule has 1 atom stereocenters. The van der Waals surface area contributed by atoms with Gasteiger partial charge in [-0.25, -0.2) is 23.1 Å². The van der Waals surface area contributed by atoms with E-state index >= 15 is 0 Å². The predicted molar refractivity (Wildman–Crippen MR) is 134 cm³/mol. The van der Waals surface area contributed by atoms with Gasteiger partial charge in [0.25, 0.3) is 0 Å². The average Bonchev–Trinajstić information content (AvgIpc) is 3.17. The normalized spacial score (nSPS) is 15.8. The SMILES string of the molecule is COc1cccc(-n2c(=O)n(Cc3c(F)cccc3F)c3cnc(NCCC4CCCCN4)nc32)c1. The number of ether oxygens (including phenoxy) is 1. The summed E-state index contributed by atoms with van der Waals surface area (Å²) in [5, 5.41) is 6.77. The van der Waals surface area contributed by atoms with Crippen molar-refractivity contribution in [2.75, 3.05) is 25.5 Å². The number of hydrogen-bond acceptors (Lipinski definition) is 6. The smallest absolute Gasteiger partial charge is 0.335 e. The molecule has 2 N–H and O–H groups in total. The van der Waals surface area contributed by atoms with Crippen LogP contribution < -0.4 is 21.1 Å². The van der Waals surface area contributed by atoms with Crippen molar-refractivity contribution in [2.45, 2.75) is 38.3 Å². The average molecular weight is 495 g/mol. The maximum absolute atomic E-state index is 14.4. The van der Waals surface area contributed by atoms with Gasteiger partial charge in [0.2, 0.25) is 5.95 Å². The number of methoxy groups -OCH3 is 1. The Hall–Kier alpha value is -3.79. The molecular weight excluding hydrogens is 466 g/mol. The fourth-order valence-corrected chi connectivity index (χ4v) is 4.63. The number of hydrogen-bond donors (Lipinski definition) is 2. The summed E-state index contributed by atoms with van der Waals surface area (Å²) in [5.41, 5.74) is 0.529. The van der Waals surface area contributed by atoms with Gasteiger partial charge in [0.15, 0.2) is 5.65 Å². The molecule has 1 aliphatic heterocycles. The van der Waals surface area contributed by atoms with Crippen molar-refractivity contribution in [3.05, 3.63) is 76.3 Å². The molecule has 8 nitrogen and oxygen atoms in total. The van der Waals surface area contributed by atoms with Crippen molar-refractivity contribution in [1.82, 2.24) is 24.4 Å². The molecule has 0 saturated carbocycles. The van der Waals surface area contributed by atoms with E-state index in [0.29, 0.717) is 41.1 Å². The fourth-order valence-electron chi connectivity index (χ4n) is 4.63. The van der Waals surface area contributed by atoms with E-state index in [1.54, 1.807) is 24.3 Å². The number of nitrogens with one attached hydrogen (secondary N) is 2. The minimum atomic E-state index is -0.722. The van der Waals surface area contributed by atoms with Crippen LogP contribution in [0, 0.1) is 11.6 Å². The van der Waals surface area contributed by atoms with Crippen molar-refractivity contribution in [2.24, 2.45) is 0 Å². The molecule has 0 bridgehead atoms. The summed E-state index contributed by atoms with van der Waals surface area (Å²) in [6.07, 6.45) is 6.02. The van der Waals surface area contributed by atoms with Crippen molar-refractivity contribution >= 4 is 17.1 Å². The van der Waals surface area contributed by atoms with Crippen molar-refractivity contribution in [1.29, 1.82) is 0 Å². The zero-order chi connectivity index (χ0) is 25.1. The Morgan fingerprint density at radius 2 is 1.97 bits per heavy atom. The van der Waals surface area contributed by atoms with Gasteiger partial charge in [-0.3, -0.25) is 4.57 Å². The van der Waals surface area contributed by atoms with Crippen LogP contribution in [0.3, 0.4) is 0 Å². The molecule has 2 aromatic heterocycles. The largest absolute Gasteiger partial charge is 0.497 e. The van der Waals surface area contributed by atoms with Crippen LogP contribution in [0.25, 0.3) is 16.9 Å². The highest BCUT2D eigenvalue weighted by molar-refractivity contribution is 5.74. The molecule has 1 aliphatic rings. The number of aromatic nitrogens is 4. The molecule has 4 aromatic rings. The van der Waals surface area contributed by atoms with Crippen LogP contribution in [0.15, 0.2) is 53.5 Å². The zero-order valence-corrected chi connectivity index (χ0v) is 20.0. The first-order valence-electron chi connectivity index (χ1n) is 12.1. The van der Waals surface area contributed by atoms with Crippen LogP contribution in [0.2, 0.25) is 0 Å². The third kappa shape index (κ3) is 4.81. The summed E-state index contributed by atoms with van der Waals surface area (Å²) >= 11 is 0. The third-order valence-electron chi connectivity index (χ3n) is 6.55. The standard InChI is InChI=1S/C26H28F2N6O2/c1-36-19-8-4-7-18(14-19)34-24-23(33(26(34)35)16-20-21(27)9-5-10-22(20)28)15-31-25(32-24)30-13-11-17-6-2-3-12-29-17/h4-5,7-10,14-15,17,29H,2-3,6,11-13,16H2,1H3,(H,30,31,32). The summed E-state index contributed by atoms with van der Waals surface area (Å²) in [6, 6.07) is 11.1. The lowest BCUT2D eigenvalue weighted by atomic mass is 10.0. The summed E-state index contributed by atoms with van der Waals surface area (Å²) in [7, 11) is 1.54. The van der Waals surface area contributed by atoms with Gasteiger partial charge >= 0.3 is 5.69 Å². The number of rotatable bonds is 8. The lowest BCUT2D eigenvalue weighted by Crippen LogP contribution is -2.35. The van der Waals surface area contributed by atoms with E-state index in [1.807, 2.05) is 0 Å². The number of benzene rings is 2. The second kappa shape index (κ2) is 10.4. The Kier molecular flexibility index (Phi) is 6.95. The molecule has 1 saturated heterocycles. The molecule has 0 spiro atoms. The Balaban J connectivity index is 1.54. The van der Waals surface area contributed by atoms with Gasteiger partial charge < -0.3 is 15.4 Å². The molecule has 0 amide bonds. The Labute approximate surface area is 206 Å². The number of piperidine rings is 1. The van der Waals surface area contributed by atoms with Crippen LogP contribution in [0.4, 0.5) is 14.7 Å². The first-order chi connectivity index (χ1) is 17.5. The van der Waals surface area contributed by atoms with Crippen molar-refractivity contribution in [3.8, 4) is 11.4 Å². The van der Waals surface area contributed by atoms with Gasteiger partial charge in [0, 0.05) is 24.2 Å². The van der Waals surface area contributed by atoms with Crippen LogP contribution in [0.1, 0.15) is 31.2 Å². The van der Waals surface area contributed by atoms with E-state index in [2.05, 4.69) is 20.6 Å². The highest BCUT2D eigenvalue weighted by Crippen LogP contribution is 2.22. The fraction of sp³-hybridized carbons (Fsp3) is 0.346. The van der Waals surface area contributed by atoms with Gasteiger partial charge in [-0.2, -0.15) is 4.98 Å². The van der Waals surface area contributed by atoms with E-state index in [4.69, 9.17) is 4.74 Å². The Bertz CT molecular complexity index is 1410. The van der Waals surface area contributed by atoms with Crippen molar-refractivity contribution in [3.63, 3.8) is 0 Å². The molecule has 5 rings (SSSR count). The molecule has 10 heteroatoms. The summed E-state index contributed by atoms with van der Waals surface area (Å²) < 4.78 is 36.9. The molecule has 3 heterocycles. The van der Waals surface area contributed by atoms with E-state index in [-0.39, 0.29) is 12.1 Å². The van der Waals surface area contributed by atoms with Crippen LogP contribution >= 0.6 is 0 Å². The molecule has 188 valence electrons. The molecular formula is C26H28F2N6O2. The molecule has 0 radical (unpaired) electrons. The number of imidazole rings is 1. The van der Waals surface area contributed by atoms with E-state index in [9.17, 15) is 13.6 Å². The van der Waals surface area contributed by atoms with Gasteiger partial charge in [-0.1, -0.05) is 18.6 Å².